The lowest BCUT2D eigenvalue weighted by Gasteiger charge is -2.43. The van der Waals surface area contributed by atoms with Crippen LogP contribution in [0, 0.1) is 5.92 Å². The minimum atomic E-state index is -1.02. The molecule has 0 saturated carbocycles. The predicted octanol–water partition coefficient (Wildman–Crippen LogP) is 7.65. The van der Waals surface area contributed by atoms with Crippen molar-refractivity contribution in [2.24, 2.45) is 5.92 Å². The molecule has 0 bridgehead atoms. The van der Waals surface area contributed by atoms with Gasteiger partial charge in [0.15, 0.2) is 0 Å². The van der Waals surface area contributed by atoms with Crippen molar-refractivity contribution in [1.29, 1.82) is 0 Å². The molecular weight excluding hydrogens is 416 g/mol. The molecule has 5 nitrogen and oxygen atoms in total. The first kappa shape index (κ1) is 30.8. The van der Waals surface area contributed by atoms with Crippen molar-refractivity contribution < 1.29 is 23.7 Å². The second-order valence-electron chi connectivity index (χ2n) is 9.63. The van der Waals surface area contributed by atoms with Gasteiger partial charge in [-0.3, -0.25) is 0 Å². The van der Waals surface area contributed by atoms with E-state index in [0.29, 0.717) is 26.4 Å². The summed E-state index contributed by atoms with van der Waals surface area (Å²) in [7, 11) is 0. The maximum atomic E-state index is 6.57. The summed E-state index contributed by atoms with van der Waals surface area (Å²) in [5.41, 5.74) is 0. The average molecular weight is 473 g/mol. The summed E-state index contributed by atoms with van der Waals surface area (Å²) in [6, 6.07) is 0. The Hall–Kier alpha value is -0.200. The van der Waals surface area contributed by atoms with Gasteiger partial charge in [0.05, 0.1) is 45.1 Å². The normalized spacial score (nSPS) is 17.9. The van der Waals surface area contributed by atoms with E-state index in [0.717, 1.165) is 64.4 Å². The maximum absolute atomic E-state index is 6.57. The molecule has 0 aliphatic carbocycles. The van der Waals surface area contributed by atoms with Gasteiger partial charge >= 0.3 is 0 Å². The summed E-state index contributed by atoms with van der Waals surface area (Å²) in [5, 5.41) is 0. The number of hydrogen-bond donors (Lipinski definition) is 0. The van der Waals surface area contributed by atoms with Gasteiger partial charge in [-0.2, -0.15) is 0 Å². The van der Waals surface area contributed by atoms with Crippen LogP contribution < -0.4 is 0 Å². The smallest absolute Gasteiger partial charge is 0.288 e. The molecule has 1 rings (SSSR count). The van der Waals surface area contributed by atoms with Crippen LogP contribution >= 0.6 is 0 Å². The minimum Gasteiger partial charge on any atom is -0.375 e. The van der Waals surface area contributed by atoms with E-state index in [1.807, 2.05) is 0 Å². The van der Waals surface area contributed by atoms with E-state index in [-0.39, 0.29) is 18.1 Å². The second-order valence-corrected chi connectivity index (χ2v) is 9.63. The molecule has 0 amide bonds. The fraction of sp³-hybridized carbons (Fsp3) is 1.00. The van der Waals surface area contributed by atoms with Crippen LogP contribution in [-0.2, 0) is 23.7 Å². The van der Waals surface area contributed by atoms with E-state index in [1.165, 1.54) is 32.1 Å². The van der Waals surface area contributed by atoms with E-state index in [9.17, 15) is 0 Å². The Morgan fingerprint density at radius 1 is 0.667 bits per heavy atom. The van der Waals surface area contributed by atoms with E-state index in [2.05, 4.69) is 34.6 Å². The van der Waals surface area contributed by atoms with Gasteiger partial charge in [0.1, 0.15) is 6.10 Å². The molecule has 198 valence electrons. The highest BCUT2D eigenvalue weighted by atomic mass is 16.9. The summed E-state index contributed by atoms with van der Waals surface area (Å²) in [6.07, 6.45) is 15.9. The zero-order valence-corrected chi connectivity index (χ0v) is 22.7. The first-order valence-electron chi connectivity index (χ1n) is 14.3. The van der Waals surface area contributed by atoms with Gasteiger partial charge in [0.25, 0.3) is 5.97 Å². The molecule has 1 aliphatic heterocycles. The van der Waals surface area contributed by atoms with Crippen LogP contribution in [0.15, 0.2) is 0 Å². The summed E-state index contributed by atoms with van der Waals surface area (Å²) >= 11 is 0. The Balaban J connectivity index is 3.08. The molecule has 1 fully saturated rings. The van der Waals surface area contributed by atoms with Crippen LogP contribution in [0.5, 0.6) is 0 Å². The lowest BCUT2D eigenvalue weighted by molar-refractivity contribution is -0.415. The molecule has 0 N–H and O–H groups in total. The van der Waals surface area contributed by atoms with Crippen LogP contribution in [0.2, 0.25) is 0 Å². The molecule has 3 unspecified atom stereocenters. The van der Waals surface area contributed by atoms with Crippen LogP contribution in [0.4, 0.5) is 0 Å². The van der Waals surface area contributed by atoms with Crippen LogP contribution in [0.1, 0.15) is 125 Å². The molecule has 5 heteroatoms. The van der Waals surface area contributed by atoms with E-state index >= 15 is 0 Å². The zero-order chi connectivity index (χ0) is 24.2. The lowest BCUT2D eigenvalue weighted by atomic mass is 9.89. The van der Waals surface area contributed by atoms with Crippen molar-refractivity contribution in [2.45, 2.75) is 143 Å². The fourth-order valence-corrected chi connectivity index (χ4v) is 4.17. The molecule has 1 heterocycles. The molecule has 1 saturated heterocycles. The first-order chi connectivity index (χ1) is 16.2. The van der Waals surface area contributed by atoms with Crippen molar-refractivity contribution in [3.05, 3.63) is 0 Å². The molecular formula is C28H56O5. The number of epoxide rings is 1. The molecule has 33 heavy (non-hydrogen) atoms. The van der Waals surface area contributed by atoms with Gasteiger partial charge in [-0.25, -0.2) is 0 Å². The third-order valence-corrected chi connectivity index (χ3v) is 6.40. The largest absolute Gasteiger partial charge is 0.375 e. The minimum absolute atomic E-state index is 0.0537. The third-order valence-electron chi connectivity index (χ3n) is 6.40. The van der Waals surface area contributed by atoms with Gasteiger partial charge in [0, 0.05) is 0 Å². The predicted molar refractivity (Wildman–Crippen MR) is 137 cm³/mol. The number of unbranched alkanes of at least 4 members (excludes halogenated alkanes) is 7. The van der Waals surface area contributed by atoms with Gasteiger partial charge < -0.3 is 23.7 Å². The first-order valence-corrected chi connectivity index (χ1v) is 14.3. The Morgan fingerprint density at radius 3 is 1.64 bits per heavy atom. The highest BCUT2D eigenvalue weighted by Crippen LogP contribution is 2.37. The van der Waals surface area contributed by atoms with Crippen molar-refractivity contribution in [2.75, 3.05) is 33.0 Å². The molecule has 3 atom stereocenters. The highest BCUT2D eigenvalue weighted by molar-refractivity contribution is 4.82. The summed E-state index contributed by atoms with van der Waals surface area (Å²) in [5.74, 6) is -0.966. The van der Waals surface area contributed by atoms with E-state index in [1.54, 1.807) is 0 Å². The lowest BCUT2D eigenvalue weighted by Crippen LogP contribution is -2.52. The molecule has 0 aromatic heterocycles. The van der Waals surface area contributed by atoms with Gasteiger partial charge in [-0.15, -0.1) is 0 Å². The monoisotopic (exact) mass is 472 g/mol. The van der Waals surface area contributed by atoms with Gasteiger partial charge in [0.2, 0.25) is 0 Å². The zero-order valence-electron chi connectivity index (χ0n) is 22.7. The molecule has 0 aromatic rings. The van der Waals surface area contributed by atoms with Crippen molar-refractivity contribution in [3.63, 3.8) is 0 Å². The number of hydrogen-bond acceptors (Lipinski definition) is 5. The summed E-state index contributed by atoms with van der Waals surface area (Å²) in [4.78, 5) is 0. The second kappa shape index (κ2) is 20.0. The fourth-order valence-electron chi connectivity index (χ4n) is 4.17. The Morgan fingerprint density at radius 2 is 1.18 bits per heavy atom. The summed E-state index contributed by atoms with van der Waals surface area (Å²) < 4.78 is 31.7. The highest BCUT2D eigenvalue weighted by Gasteiger charge is 2.47. The van der Waals surface area contributed by atoms with Crippen molar-refractivity contribution in [3.8, 4) is 0 Å². The molecule has 0 aromatic carbocycles. The molecule has 1 aliphatic rings. The van der Waals surface area contributed by atoms with E-state index in [4.69, 9.17) is 23.7 Å². The van der Waals surface area contributed by atoms with E-state index < -0.39 is 5.97 Å². The molecule has 0 spiro atoms. The molecule has 0 radical (unpaired) electrons. The number of rotatable bonds is 25. The summed E-state index contributed by atoms with van der Waals surface area (Å²) in [6.45, 7) is 14.5. The Labute approximate surface area is 205 Å². The van der Waals surface area contributed by atoms with Crippen LogP contribution in [0.25, 0.3) is 0 Å². The van der Waals surface area contributed by atoms with Crippen molar-refractivity contribution >= 4 is 0 Å². The van der Waals surface area contributed by atoms with Crippen LogP contribution in [-0.4, -0.2) is 51.2 Å². The van der Waals surface area contributed by atoms with Gasteiger partial charge in [-0.05, 0) is 32.1 Å². The standard InChI is InChI=1S/C28H56O5/c1-6-11-15-16-17-19-27(30-24-25-23-29-25)26(18-10-5)28(31-20-12-7-2,32-21-13-8-3)33-22-14-9-4/h25-27H,6-24H2,1-5H3. The maximum Gasteiger partial charge on any atom is 0.288 e. The third kappa shape index (κ3) is 13.5. The Bertz CT molecular complexity index is 400. The Kier molecular flexibility index (Phi) is 18.7. The van der Waals surface area contributed by atoms with Crippen LogP contribution in [0.3, 0.4) is 0 Å². The average Bonchev–Trinajstić information content (AvgIpc) is 3.64. The van der Waals surface area contributed by atoms with Crippen molar-refractivity contribution in [1.82, 2.24) is 0 Å². The quantitative estimate of drug-likeness (QED) is 0.0775. The SMILES string of the molecule is CCCCCCCC(OCC1CO1)C(CCC)C(OCCCC)(OCCCC)OCCCC. The number of ether oxygens (including phenoxy) is 5. The van der Waals surface area contributed by atoms with Gasteiger partial charge in [-0.1, -0.05) is 92.4 Å². The topological polar surface area (TPSA) is 49.5 Å².